The lowest BCUT2D eigenvalue weighted by Crippen LogP contribution is -2.12. The summed E-state index contributed by atoms with van der Waals surface area (Å²) in [5.74, 6) is 0. The van der Waals surface area contributed by atoms with Gasteiger partial charge in [0, 0.05) is 0 Å². The molecule has 1 heteroatoms. The third kappa shape index (κ3) is 4.78. The predicted octanol–water partition coefficient (Wildman–Crippen LogP) is 5.39. The smallest absolute Gasteiger partial charge is 0.00611 e. The molecular formula is C23H21P. The molecule has 3 aromatic rings. The molecule has 0 amide bonds. The van der Waals surface area contributed by atoms with Gasteiger partial charge in [-0.2, -0.15) is 0 Å². The van der Waals surface area contributed by atoms with Crippen LogP contribution in [0, 0.1) is 0 Å². The van der Waals surface area contributed by atoms with E-state index in [2.05, 4.69) is 109 Å². The van der Waals surface area contributed by atoms with Gasteiger partial charge in [0.15, 0.2) is 0 Å². The average molecular weight is 328 g/mol. The summed E-state index contributed by atoms with van der Waals surface area (Å²) in [5.41, 5.74) is 1.23. The third-order valence-corrected chi connectivity index (χ3v) is 6.18. The minimum absolute atomic E-state index is 0.342. The Morgan fingerprint density at radius 1 is 0.583 bits per heavy atom. The molecule has 0 aliphatic heterocycles. The van der Waals surface area contributed by atoms with Gasteiger partial charge in [-0.25, -0.2) is 0 Å². The second-order valence-electron chi connectivity index (χ2n) is 5.48. The number of hydrogen-bond acceptors (Lipinski definition) is 0. The first-order valence-electron chi connectivity index (χ1n) is 8.19. The van der Waals surface area contributed by atoms with E-state index >= 15 is 0 Å². The molecule has 0 saturated carbocycles. The lowest BCUT2D eigenvalue weighted by atomic mass is 10.2. The molecular weight excluding hydrogens is 307 g/mol. The van der Waals surface area contributed by atoms with Crippen LogP contribution in [0.5, 0.6) is 0 Å². The van der Waals surface area contributed by atoms with Crippen molar-refractivity contribution in [2.75, 3.05) is 6.16 Å². The van der Waals surface area contributed by atoms with Gasteiger partial charge in [-0.1, -0.05) is 115 Å². The molecule has 0 nitrogen and oxygen atoms in total. The van der Waals surface area contributed by atoms with E-state index in [1.165, 1.54) is 16.2 Å². The Morgan fingerprint density at radius 2 is 1.08 bits per heavy atom. The highest BCUT2D eigenvalue weighted by Gasteiger charge is 2.10. The van der Waals surface area contributed by atoms with Crippen molar-refractivity contribution >= 4 is 24.6 Å². The van der Waals surface area contributed by atoms with Crippen LogP contribution in [0.1, 0.15) is 5.56 Å². The van der Waals surface area contributed by atoms with Gasteiger partial charge >= 0.3 is 0 Å². The van der Waals surface area contributed by atoms with E-state index in [1.54, 1.807) is 0 Å². The highest BCUT2D eigenvalue weighted by Crippen LogP contribution is 2.33. The highest BCUT2D eigenvalue weighted by molar-refractivity contribution is 7.73. The molecule has 0 unspecified atom stereocenters. The molecule has 0 atom stereocenters. The summed E-state index contributed by atoms with van der Waals surface area (Å²) in [7, 11) is -0.342. The van der Waals surface area contributed by atoms with Crippen molar-refractivity contribution in [3.05, 3.63) is 115 Å². The number of rotatable bonds is 6. The number of allylic oxidation sites excluding steroid dienone is 3. The van der Waals surface area contributed by atoms with E-state index in [1.807, 2.05) is 6.07 Å². The fraction of sp³-hybridized carbons (Fsp3) is 0.0435. The van der Waals surface area contributed by atoms with E-state index in [4.69, 9.17) is 0 Å². The van der Waals surface area contributed by atoms with E-state index < -0.39 is 0 Å². The molecule has 0 saturated heterocycles. The Morgan fingerprint density at radius 3 is 1.62 bits per heavy atom. The summed E-state index contributed by atoms with van der Waals surface area (Å²) >= 11 is 0. The van der Waals surface area contributed by atoms with Crippen molar-refractivity contribution in [3.8, 4) is 0 Å². The van der Waals surface area contributed by atoms with E-state index in [0.29, 0.717) is 0 Å². The van der Waals surface area contributed by atoms with Crippen LogP contribution in [0.2, 0.25) is 0 Å². The van der Waals surface area contributed by atoms with Crippen LogP contribution in [0.15, 0.2) is 109 Å². The normalized spacial score (nSPS) is 11.5. The summed E-state index contributed by atoms with van der Waals surface area (Å²) < 4.78 is 0. The van der Waals surface area contributed by atoms with E-state index in [9.17, 15) is 0 Å². The molecule has 0 radical (unpaired) electrons. The lowest BCUT2D eigenvalue weighted by Gasteiger charge is -2.16. The van der Waals surface area contributed by atoms with E-state index in [0.717, 1.165) is 6.16 Å². The number of benzene rings is 3. The Balaban J connectivity index is 1.71. The van der Waals surface area contributed by atoms with Crippen LogP contribution in [0.4, 0.5) is 0 Å². The second-order valence-corrected chi connectivity index (χ2v) is 7.73. The van der Waals surface area contributed by atoms with Crippen molar-refractivity contribution in [3.63, 3.8) is 0 Å². The van der Waals surface area contributed by atoms with Crippen molar-refractivity contribution in [1.29, 1.82) is 0 Å². The lowest BCUT2D eigenvalue weighted by molar-refractivity contribution is 1.65. The quantitative estimate of drug-likeness (QED) is 0.420. The zero-order chi connectivity index (χ0) is 16.5. The summed E-state index contributed by atoms with van der Waals surface area (Å²) in [6.45, 7) is 0. The Hall–Kier alpha value is -2.43. The van der Waals surface area contributed by atoms with Crippen molar-refractivity contribution in [2.45, 2.75) is 0 Å². The molecule has 24 heavy (non-hydrogen) atoms. The number of hydrogen-bond donors (Lipinski definition) is 0. The largest absolute Gasteiger partial charge is 0.0796 e. The molecule has 0 N–H and O–H groups in total. The second kappa shape index (κ2) is 9.01. The predicted molar refractivity (Wildman–Crippen MR) is 109 cm³/mol. The Labute approximate surface area is 145 Å². The van der Waals surface area contributed by atoms with Crippen molar-refractivity contribution < 1.29 is 0 Å². The molecule has 0 bridgehead atoms. The van der Waals surface area contributed by atoms with Gasteiger partial charge in [0.2, 0.25) is 0 Å². The molecule has 0 aliphatic carbocycles. The van der Waals surface area contributed by atoms with Crippen LogP contribution in [-0.4, -0.2) is 6.16 Å². The molecule has 3 aromatic carbocycles. The molecule has 0 heterocycles. The maximum atomic E-state index is 2.28. The fourth-order valence-corrected chi connectivity index (χ4v) is 4.67. The minimum atomic E-state index is -0.342. The zero-order valence-electron chi connectivity index (χ0n) is 13.6. The van der Waals surface area contributed by atoms with Crippen LogP contribution in [0.3, 0.4) is 0 Å². The first kappa shape index (κ1) is 16.4. The Kier molecular flexibility index (Phi) is 6.17. The van der Waals surface area contributed by atoms with Gasteiger partial charge in [0.1, 0.15) is 0 Å². The monoisotopic (exact) mass is 328 g/mol. The summed E-state index contributed by atoms with van der Waals surface area (Å²) in [4.78, 5) is 0. The molecule has 0 aromatic heterocycles. The SMILES string of the molecule is C(/C=C/c1ccccc1)=C\CP(c1ccccc1)c1ccccc1. The molecule has 0 aliphatic rings. The Bertz CT molecular complexity index is 735. The maximum Gasteiger partial charge on any atom is -0.00611 e. The van der Waals surface area contributed by atoms with Gasteiger partial charge in [-0.3, -0.25) is 0 Å². The summed E-state index contributed by atoms with van der Waals surface area (Å²) in [5, 5.41) is 2.85. The van der Waals surface area contributed by atoms with Gasteiger partial charge in [-0.15, -0.1) is 0 Å². The average Bonchev–Trinajstić information content (AvgIpc) is 2.67. The highest BCUT2D eigenvalue weighted by atomic mass is 31.1. The molecule has 3 rings (SSSR count). The fourth-order valence-electron chi connectivity index (χ4n) is 2.55. The molecule has 118 valence electrons. The van der Waals surface area contributed by atoms with Crippen LogP contribution in [-0.2, 0) is 0 Å². The first-order chi connectivity index (χ1) is 11.9. The van der Waals surface area contributed by atoms with Crippen molar-refractivity contribution in [1.82, 2.24) is 0 Å². The molecule has 0 spiro atoms. The third-order valence-electron chi connectivity index (χ3n) is 3.76. The van der Waals surface area contributed by atoms with Crippen LogP contribution in [0.25, 0.3) is 6.08 Å². The van der Waals surface area contributed by atoms with E-state index in [-0.39, 0.29) is 7.92 Å². The van der Waals surface area contributed by atoms with Crippen molar-refractivity contribution in [2.24, 2.45) is 0 Å². The zero-order valence-corrected chi connectivity index (χ0v) is 14.5. The topological polar surface area (TPSA) is 0 Å². The van der Waals surface area contributed by atoms with Crippen LogP contribution >= 0.6 is 7.92 Å². The van der Waals surface area contributed by atoms with Gasteiger partial charge < -0.3 is 0 Å². The first-order valence-corrected chi connectivity index (χ1v) is 9.72. The minimum Gasteiger partial charge on any atom is -0.0796 e. The molecule has 0 fully saturated rings. The van der Waals surface area contributed by atoms with Gasteiger partial charge in [0.05, 0.1) is 0 Å². The van der Waals surface area contributed by atoms with Gasteiger partial charge in [-0.05, 0) is 30.3 Å². The standard InChI is InChI=1S/C23H21P/c1-5-13-21(14-6-1)15-7-4-12-20-24(22-16-8-2-9-17-22)23-18-10-3-11-19-23/h1-19H,20H2/b12-4+,15-7+. The van der Waals surface area contributed by atoms with Gasteiger partial charge in [0.25, 0.3) is 0 Å². The van der Waals surface area contributed by atoms with Crippen LogP contribution < -0.4 is 10.6 Å². The summed E-state index contributed by atoms with van der Waals surface area (Å²) in [6.07, 6.45) is 9.77. The summed E-state index contributed by atoms with van der Waals surface area (Å²) in [6, 6.07) is 32.1. The maximum absolute atomic E-state index is 2.28.